The minimum Gasteiger partial charge on any atom is -0.0683 e. The zero-order valence-corrected chi connectivity index (χ0v) is 18.1. The number of unbranched alkanes of at least 4 members (excludes halogenated alkanes) is 3. The van der Waals surface area contributed by atoms with Gasteiger partial charge in [-0.1, -0.05) is 126 Å². The minimum atomic E-state index is 0.937. The molecule has 1 aliphatic rings. The van der Waals surface area contributed by atoms with Crippen molar-refractivity contribution in [2.24, 2.45) is 23.7 Å². The lowest BCUT2D eigenvalue weighted by atomic mass is 9.73. The fraction of sp³-hybridized carbons (Fsp3) is 1.00. The molecule has 0 bridgehead atoms. The van der Waals surface area contributed by atoms with E-state index in [-0.39, 0.29) is 0 Å². The van der Waals surface area contributed by atoms with Gasteiger partial charge in [0.05, 0.1) is 0 Å². The lowest BCUT2D eigenvalue weighted by Crippen LogP contribution is -2.24. The van der Waals surface area contributed by atoms with Crippen LogP contribution in [0.2, 0.25) is 0 Å². The van der Waals surface area contributed by atoms with E-state index in [1.807, 2.05) is 13.8 Å². The second-order valence-electron chi connectivity index (χ2n) is 7.45. The van der Waals surface area contributed by atoms with Crippen molar-refractivity contribution in [2.45, 2.75) is 126 Å². The van der Waals surface area contributed by atoms with Crippen LogP contribution < -0.4 is 0 Å². The van der Waals surface area contributed by atoms with E-state index >= 15 is 0 Å². The van der Waals surface area contributed by atoms with Gasteiger partial charge in [-0.15, -0.1) is 0 Å². The number of rotatable bonds is 9. The van der Waals surface area contributed by atoms with Crippen LogP contribution in [0.1, 0.15) is 126 Å². The molecule has 0 amide bonds. The van der Waals surface area contributed by atoms with Crippen LogP contribution in [-0.4, -0.2) is 0 Å². The molecule has 1 fully saturated rings. The van der Waals surface area contributed by atoms with Gasteiger partial charge in [0.1, 0.15) is 0 Å². The third-order valence-electron chi connectivity index (χ3n) is 5.81. The van der Waals surface area contributed by atoms with Crippen molar-refractivity contribution < 1.29 is 0 Å². The monoisotopic (exact) mass is 326 g/mol. The van der Waals surface area contributed by atoms with Crippen LogP contribution in [0.25, 0.3) is 0 Å². The summed E-state index contributed by atoms with van der Waals surface area (Å²) in [4.78, 5) is 0. The standard InChI is InChI=1S/C17H34.C4H10.C2H6/c1-5-7-8-11-14(3)15(4)17(6-2)16-12-9-10-13-16;1-3-4-2;1-2/h14-17H,5-13H2,1-4H3;3-4H2,1-2H3;1-2H3. The summed E-state index contributed by atoms with van der Waals surface area (Å²) in [5.41, 5.74) is 0. The second kappa shape index (κ2) is 18.3. The molecular formula is C23H50. The third-order valence-corrected chi connectivity index (χ3v) is 5.81. The van der Waals surface area contributed by atoms with Gasteiger partial charge in [0, 0.05) is 0 Å². The summed E-state index contributed by atoms with van der Waals surface area (Å²) >= 11 is 0. The van der Waals surface area contributed by atoms with Crippen LogP contribution in [0.3, 0.4) is 0 Å². The van der Waals surface area contributed by atoms with Gasteiger partial charge >= 0.3 is 0 Å². The van der Waals surface area contributed by atoms with Crippen molar-refractivity contribution in [3.8, 4) is 0 Å². The summed E-state index contributed by atoms with van der Waals surface area (Å²) < 4.78 is 0. The highest BCUT2D eigenvalue weighted by Crippen LogP contribution is 2.40. The lowest BCUT2D eigenvalue weighted by molar-refractivity contribution is 0.171. The van der Waals surface area contributed by atoms with Gasteiger partial charge in [0.25, 0.3) is 0 Å². The van der Waals surface area contributed by atoms with Crippen LogP contribution >= 0.6 is 0 Å². The predicted octanol–water partition coefficient (Wildman–Crippen LogP) is 8.89. The average molecular weight is 327 g/mol. The van der Waals surface area contributed by atoms with Gasteiger partial charge in [0.2, 0.25) is 0 Å². The van der Waals surface area contributed by atoms with E-state index in [2.05, 4.69) is 41.5 Å². The Labute approximate surface area is 150 Å². The van der Waals surface area contributed by atoms with Crippen LogP contribution in [0.5, 0.6) is 0 Å². The molecule has 0 heteroatoms. The molecule has 0 saturated heterocycles. The molecule has 0 N–H and O–H groups in total. The maximum absolute atomic E-state index is 2.53. The summed E-state index contributed by atoms with van der Waals surface area (Å²) in [5.74, 6) is 3.95. The van der Waals surface area contributed by atoms with Crippen molar-refractivity contribution in [1.82, 2.24) is 0 Å². The van der Waals surface area contributed by atoms with E-state index in [1.165, 1.54) is 70.6 Å². The molecule has 3 atom stereocenters. The first kappa shape index (κ1) is 25.2. The Morgan fingerprint density at radius 2 is 1.30 bits per heavy atom. The van der Waals surface area contributed by atoms with Crippen LogP contribution in [0.4, 0.5) is 0 Å². The summed E-state index contributed by atoms with van der Waals surface area (Å²) in [7, 11) is 0. The quantitative estimate of drug-likeness (QED) is 0.371. The van der Waals surface area contributed by atoms with Gasteiger partial charge < -0.3 is 0 Å². The van der Waals surface area contributed by atoms with E-state index in [9.17, 15) is 0 Å². The Morgan fingerprint density at radius 3 is 1.70 bits per heavy atom. The van der Waals surface area contributed by atoms with Gasteiger partial charge in [-0.05, 0) is 23.7 Å². The van der Waals surface area contributed by atoms with Gasteiger partial charge in [0.15, 0.2) is 0 Å². The molecule has 0 aromatic carbocycles. The Bertz CT molecular complexity index is 200. The molecule has 23 heavy (non-hydrogen) atoms. The number of hydrogen-bond donors (Lipinski definition) is 0. The maximum atomic E-state index is 2.53. The molecule has 0 radical (unpaired) electrons. The van der Waals surface area contributed by atoms with E-state index in [4.69, 9.17) is 0 Å². The van der Waals surface area contributed by atoms with Crippen LogP contribution in [0, 0.1) is 23.7 Å². The largest absolute Gasteiger partial charge is 0.0683 e. The normalized spacial score (nSPS) is 18.3. The molecule has 3 unspecified atom stereocenters. The Kier molecular flexibility index (Phi) is 20.1. The van der Waals surface area contributed by atoms with Gasteiger partial charge in [-0.2, -0.15) is 0 Å². The molecule has 1 saturated carbocycles. The first-order valence-electron chi connectivity index (χ1n) is 11.1. The number of hydrogen-bond acceptors (Lipinski definition) is 0. The van der Waals surface area contributed by atoms with E-state index in [0.29, 0.717) is 0 Å². The highest BCUT2D eigenvalue weighted by Gasteiger charge is 2.30. The van der Waals surface area contributed by atoms with Gasteiger partial charge in [-0.25, -0.2) is 0 Å². The fourth-order valence-electron chi connectivity index (χ4n) is 3.92. The molecule has 1 rings (SSSR count). The van der Waals surface area contributed by atoms with E-state index < -0.39 is 0 Å². The summed E-state index contributed by atoms with van der Waals surface area (Å²) in [6.45, 7) is 18.1. The summed E-state index contributed by atoms with van der Waals surface area (Å²) in [5, 5.41) is 0. The smallest absolute Gasteiger partial charge is 0.0360 e. The molecule has 0 spiro atoms. The molecular weight excluding hydrogens is 276 g/mol. The van der Waals surface area contributed by atoms with Crippen molar-refractivity contribution in [3.63, 3.8) is 0 Å². The SMILES string of the molecule is CC.CCCC.CCCCCC(C)C(C)C(CC)C1CCCC1. The first-order chi connectivity index (χ1) is 11.1. The highest BCUT2D eigenvalue weighted by molar-refractivity contribution is 4.80. The molecule has 0 aromatic heterocycles. The second-order valence-corrected chi connectivity index (χ2v) is 7.45. The molecule has 0 nitrogen and oxygen atoms in total. The zero-order chi connectivity index (χ0) is 18.1. The van der Waals surface area contributed by atoms with Crippen molar-refractivity contribution in [1.29, 1.82) is 0 Å². The summed E-state index contributed by atoms with van der Waals surface area (Å²) in [6.07, 6.45) is 15.8. The highest BCUT2D eigenvalue weighted by atomic mass is 14.4. The fourth-order valence-corrected chi connectivity index (χ4v) is 3.92. The maximum Gasteiger partial charge on any atom is -0.0360 e. The van der Waals surface area contributed by atoms with Crippen LogP contribution in [-0.2, 0) is 0 Å². The average Bonchev–Trinajstić information content (AvgIpc) is 3.12. The molecule has 0 aliphatic heterocycles. The zero-order valence-electron chi connectivity index (χ0n) is 18.1. The Balaban J connectivity index is 0. The van der Waals surface area contributed by atoms with E-state index in [1.54, 1.807) is 0 Å². The molecule has 0 heterocycles. The van der Waals surface area contributed by atoms with Crippen molar-refractivity contribution >= 4 is 0 Å². The summed E-state index contributed by atoms with van der Waals surface area (Å²) in [6, 6.07) is 0. The predicted molar refractivity (Wildman–Crippen MR) is 110 cm³/mol. The molecule has 1 aliphatic carbocycles. The lowest BCUT2D eigenvalue weighted by Gasteiger charge is -2.32. The Morgan fingerprint density at radius 1 is 0.783 bits per heavy atom. The first-order valence-corrected chi connectivity index (χ1v) is 11.1. The van der Waals surface area contributed by atoms with Crippen LogP contribution in [0.15, 0.2) is 0 Å². The van der Waals surface area contributed by atoms with Gasteiger partial charge in [-0.3, -0.25) is 0 Å². The van der Waals surface area contributed by atoms with E-state index in [0.717, 1.165) is 23.7 Å². The van der Waals surface area contributed by atoms with Crippen molar-refractivity contribution in [2.75, 3.05) is 0 Å². The third kappa shape index (κ3) is 12.1. The minimum absolute atomic E-state index is 0.937. The molecule has 142 valence electrons. The molecule has 0 aromatic rings. The van der Waals surface area contributed by atoms with Crippen molar-refractivity contribution in [3.05, 3.63) is 0 Å². The topological polar surface area (TPSA) is 0 Å². The Hall–Kier alpha value is 0.